The Morgan fingerprint density at radius 3 is 2.40 bits per heavy atom. The molecule has 1 aromatic carbocycles. The molecule has 1 saturated carbocycles. The highest BCUT2D eigenvalue weighted by atomic mass is 32.2. The van der Waals surface area contributed by atoms with Gasteiger partial charge in [-0.15, -0.1) is 0 Å². The molecule has 5 nitrogen and oxygen atoms in total. The van der Waals surface area contributed by atoms with E-state index in [9.17, 15) is 18.0 Å². The molecule has 0 N–H and O–H groups in total. The van der Waals surface area contributed by atoms with E-state index in [4.69, 9.17) is 4.74 Å². The molecule has 0 spiro atoms. The molecule has 2 rings (SSSR count). The first-order valence-electron chi connectivity index (χ1n) is 6.42. The van der Waals surface area contributed by atoms with E-state index in [2.05, 4.69) is 0 Å². The molecule has 6 heteroatoms. The van der Waals surface area contributed by atoms with Crippen LogP contribution in [0.3, 0.4) is 0 Å². The van der Waals surface area contributed by atoms with Gasteiger partial charge in [-0.1, -0.05) is 0 Å². The maximum absolute atomic E-state index is 11.9. The standard InChI is InChI=1S/C14H16O5S/c1-20(17,18)11-8-6-10(7-9-11)14(16)19-13-5-3-2-4-12(13)15/h6-9,13H,2-5H2,1H3/t13-/m0/s1. The minimum atomic E-state index is -3.29. The molecule has 0 radical (unpaired) electrons. The number of Topliss-reactive ketones (excluding diaryl/α,β-unsaturated/α-hetero) is 1. The topological polar surface area (TPSA) is 77.5 Å². The summed E-state index contributed by atoms with van der Waals surface area (Å²) in [5, 5.41) is 0. The fourth-order valence-electron chi connectivity index (χ4n) is 2.11. The number of hydrogen-bond donors (Lipinski definition) is 0. The van der Waals surface area contributed by atoms with Crippen molar-refractivity contribution in [1.82, 2.24) is 0 Å². The van der Waals surface area contributed by atoms with Crippen molar-refractivity contribution in [3.8, 4) is 0 Å². The Balaban J connectivity index is 2.08. The highest BCUT2D eigenvalue weighted by molar-refractivity contribution is 7.90. The normalized spacial score (nSPS) is 19.6. The van der Waals surface area contributed by atoms with Crippen LogP contribution in [-0.4, -0.2) is 32.5 Å². The molecule has 1 fully saturated rings. The van der Waals surface area contributed by atoms with Crippen molar-refractivity contribution in [2.75, 3.05) is 6.26 Å². The summed E-state index contributed by atoms with van der Waals surface area (Å²) in [4.78, 5) is 23.6. The van der Waals surface area contributed by atoms with Crippen LogP contribution in [0.2, 0.25) is 0 Å². The van der Waals surface area contributed by atoms with Crippen molar-refractivity contribution in [2.24, 2.45) is 0 Å². The van der Waals surface area contributed by atoms with Gasteiger partial charge in [-0.05, 0) is 43.5 Å². The van der Waals surface area contributed by atoms with Crippen LogP contribution in [-0.2, 0) is 19.4 Å². The third kappa shape index (κ3) is 3.45. The lowest BCUT2D eigenvalue weighted by atomic mass is 9.96. The highest BCUT2D eigenvalue weighted by Crippen LogP contribution is 2.19. The Kier molecular flexibility index (Phi) is 4.23. The van der Waals surface area contributed by atoms with Crippen LogP contribution in [0, 0.1) is 0 Å². The molecule has 0 amide bonds. The first-order chi connectivity index (χ1) is 9.38. The van der Waals surface area contributed by atoms with Crippen molar-refractivity contribution in [2.45, 2.75) is 36.7 Å². The monoisotopic (exact) mass is 296 g/mol. The average molecular weight is 296 g/mol. The van der Waals surface area contributed by atoms with E-state index >= 15 is 0 Å². The Hall–Kier alpha value is -1.69. The van der Waals surface area contributed by atoms with Crippen molar-refractivity contribution in [3.63, 3.8) is 0 Å². The van der Waals surface area contributed by atoms with Gasteiger partial charge in [0.25, 0.3) is 0 Å². The van der Waals surface area contributed by atoms with Crippen LogP contribution in [0.15, 0.2) is 29.2 Å². The average Bonchev–Trinajstić information content (AvgIpc) is 2.40. The van der Waals surface area contributed by atoms with Gasteiger partial charge in [-0.25, -0.2) is 13.2 Å². The molecular weight excluding hydrogens is 280 g/mol. The molecule has 0 unspecified atom stereocenters. The first kappa shape index (κ1) is 14.7. The smallest absolute Gasteiger partial charge is 0.338 e. The minimum Gasteiger partial charge on any atom is -0.451 e. The second kappa shape index (κ2) is 5.75. The molecule has 0 heterocycles. The summed E-state index contributed by atoms with van der Waals surface area (Å²) in [7, 11) is -3.29. The molecule has 0 bridgehead atoms. The number of esters is 1. The van der Waals surface area contributed by atoms with Crippen LogP contribution in [0.25, 0.3) is 0 Å². The predicted molar refractivity (Wildman–Crippen MR) is 72.2 cm³/mol. The highest BCUT2D eigenvalue weighted by Gasteiger charge is 2.26. The summed E-state index contributed by atoms with van der Waals surface area (Å²) in [6, 6.07) is 5.50. The maximum Gasteiger partial charge on any atom is 0.338 e. The van der Waals surface area contributed by atoms with Gasteiger partial charge >= 0.3 is 5.97 Å². The molecule has 108 valence electrons. The largest absolute Gasteiger partial charge is 0.451 e. The summed E-state index contributed by atoms with van der Waals surface area (Å²) in [5.41, 5.74) is 0.246. The molecular formula is C14H16O5S. The summed E-state index contributed by atoms with van der Waals surface area (Å²) in [5.74, 6) is -0.636. The third-order valence-corrected chi connectivity index (χ3v) is 4.39. The summed E-state index contributed by atoms with van der Waals surface area (Å²) in [6.45, 7) is 0. The lowest BCUT2D eigenvalue weighted by molar-refractivity contribution is -0.129. The fraction of sp³-hybridized carbons (Fsp3) is 0.429. The van der Waals surface area contributed by atoms with Crippen molar-refractivity contribution in [3.05, 3.63) is 29.8 Å². The predicted octanol–water partition coefficient (Wildman–Crippen LogP) is 1.76. The summed E-state index contributed by atoms with van der Waals surface area (Å²) in [6.07, 6.45) is 3.16. The Morgan fingerprint density at radius 2 is 1.85 bits per heavy atom. The van der Waals surface area contributed by atoms with E-state index in [1.54, 1.807) is 0 Å². The van der Waals surface area contributed by atoms with Crippen LogP contribution >= 0.6 is 0 Å². The molecule has 1 atom stereocenters. The van der Waals surface area contributed by atoms with Crippen LogP contribution in [0.5, 0.6) is 0 Å². The lowest BCUT2D eigenvalue weighted by Gasteiger charge is -2.20. The number of benzene rings is 1. The lowest BCUT2D eigenvalue weighted by Crippen LogP contribution is -2.30. The van der Waals surface area contributed by atoms with Gasteiger partial charge in [0.2, 0.25) is 0 Å². The number of carbonyl (C=O) groups excluding carboxylic acids is 2. The number of rotatable bonds is 3. The third-order valence-electron chi connectivity index (χ3n) is 3.27. The van der Waals surface area contributed by atoms with Crippen molar-refractivity contribution in [1.29, 1.82) is 0 Å². The van der Waals surface area contributed by atoms with Gasteiger partial charge in [-0.3, -0.25) is 4.79 Å². The summed E-state index contributed by atoms with van der Waals surface area (Å²) < 4.78 is 27.8. The van der Waals surface area contributed by atoms with Gasteiger partial charge in [0, 0.05) is 12.7 Å². The fourth-order valence-corrected chi connectivity index (χ4v) is 2.74. The zero-order chi connectivity index (χ0) is 14.8. The quantitative estimate of drug-likeness (QED) is 0.794. The second-order valence-electron chi connectivity index (χ2n) is 4.90. The first-order valence-corrected chi connectivity index (χ1v) is 8.31. The van der Waals surface area contributed by atoms with E-state index in [0.29, 0.717) is 12.8 Å². The van der Waals surface area contributed by atoms with Gasteiger partial charge in [0.1, 0.15) is 0 Å². The van der Waals surface area contributed by atoms with E-state index in [1.807, 2.05) is 0 Å². The van der Waals surface area contributed by atoms with Crippen LogP contribution in [0.1, 0.15) is 36.0 Å². The molecule has 0 aromatic heterocycles. The zero-order valence-electron chi connectivity index (χ0n) is 11.2. The zero-order valence-corrected chi connectivity index (χ0v) is 12.0. The molecule has 1 aromatic rings. The molecule has 1 aliphatic rings. The Bertz CT molecular complexity index is 615. The van der Waals surface area contributed by atoms with E-state index < -0.39 is 21.9 Å². The van der Waals surface area contributed by atoms with Crippen molar-refractivity contribution >= 4 is 21.6 Å². The van der Waals surface area contributed by atoms with Gasteiger partial charge in [0.05, 0.1) is 10.5 Å². The van der Waals surface area contributed by atoms with E-state index in [-0.39, 0.29) is 16.2 Å². The minimum absolute atomic E-state index is 0.0441. The van der Waals surface area contributed by atoms with Crippen LogP contribution in [0.4, 0.5) is 0 Å². The van der Waals surface area contributed by atoms with E-state index in [1.165, 1.54) is 24.3 Å². The number of ketones is 1. The molecule has 1 aliphatic carbocycles. The number of carbonyl (C=O) groups is 2. The number of sulfone groups is 1. The van der Waals surface area contributed by atoms with Gasteiger partial charge in [0.15, 0.2) is 21.7 Å². The van der Waals surface area contributed by atoms with Crippen molar-refractivity contribution < 1.29 is 22.7 Å². The maximum atomic E-state index is 11.9. The molecule has 20 heavy (non-hydrogen) atoms. The van der Waals surface area contributed by atoms with Gasteiger partial charge in [-0.2, -0.15) is 0 Å². The summed E-state index contributed by atoms with van der Waals surface area (Å²) >= 11 is 0. The SMILES string of the molecule is CS(=O)(=O)c1ccc(C(=O)O[C@H]2CCCCC2=O)cc1. The number of ether oxygens (including phenoxy) is 1. The van der Waals surface area contributed by atoms with E-state index in [0.717, 1.165) is 19.1 Å². The van der Waals surface area contributed by atoms with Crippen LogP contribution < -0.4 is 0 Å². The Morgan fingerprint density at radius 1 is 1.20 bits per heavy atom. The number of hydrogen-bond acceptors (Lipinski definition) is 5. The Labute approximate surface area is 117 Å². The molecule has 0 aliphatic heterocycles. The van der Waals surface area contributed by atoms with Gasteiger partial charge < -0.3 is 4.74 Å². The second-order valence-corrected chi connectivity index (χ2v) is 6.92. The molecule has 0 saturated heterocycles.